The van der Waals surface area contributed by atoms with Crippen molar-refractivity contribution >= 4 is 6.29 Å². The lowest BCUT2D eigenvalue weighted by Gasteiger charge is -2.53. The maximum absolute atomic E-state index is 12.3. The molecule has 0 bridgehead atoms. The van der Waals surface area contributed by atoms with Gasteiger partial charge in [0, 0.05) is 23.7 Å². The Morgan fingerprint density at radius 3 is 2.62 bits per heavy atom. The van der Waals surface area contributed by atoms with Crippen LogP contribution in [0.1, 0.15) is 69.1 Å². The molecule has 0 spiro atoms. The van der Waals surface area contributed by atoms with E-state index in [-0.39, 0.29) is 35.4 Å². The van der Waals surface area contributed by atoms with Gasteiger partial charge in [-0.25, -0.2) is 0 Å². The topological polar surface area (TPSA) is 77.8 Å². The van der Waals surface area contributed by atoms with Gasteiger partial charge in [-0.3, -0.25) is 0 Å². The smallest absolute Gasteiger partial charge is 0.162 e. The first-order chi connectivity index (χ1) is 11.3. The highest BCUT2D eigenvalue weighted by molar-refractivity contribution is 5.76. The molecular formula is C20H28O4. The molecule has 0 unspecified atom stereocenters. The molecule has 0 aliphatic heterocycles. The van der Waals surface area contributed by atoms with Crippen LogP contribution in [0.4, 0.5) is 0 Å². The molecule has 4 heteroatoms. The van der Waals surface area contributed by atoms with Crippen LogP contribution >= 0.6 is 0 Å². The summed E-state index contributed by atoms with van der Waals surface area (Å²) in [5.41, 5.74) is 1.46. The van der Waals surface area contributed by atoms with Gasteiger partial charge in [0.15, 0.2) is 11.5 Å². The van der Waals surface area contributed by atoms with Crippen molar-refractivity contribution in [3.8, 4) is 11.5 Å². The first-order valence-electron chi connectivity index (χ1n) is 8.94. The number of rotatable bonds is 3. The standard InChI is InChI=1S/C20H28O4/c1-12(10-21)14-9-13-5-6-15-19(2,3)7-4-8-20(15,11-22)16(13)18(24)17(14)23/h9,11-12,15,21,23-24H,4-8,10H2,1-3H3/t12-,15+,20-/m1/s1. The Balaban J connectivity index is 2.23. The molecule has 0 heterocycles. The molecule has 1 saturated carbocycles. The van der Waals surface area contributed by atoms with E-state index in [0.29, 0.717) is 11.1 Å². The van der Waals surface area contributed by atoms with Crippen molar-refractivity contribution in [1.29, 1.82) is 0 Å². The summed E-state index contributed by atoms with van der Waals surface area (Å²) in [6.45, 7) is 6.13. The second-order valence-corrected chi connectivity index (χ2v) is 8.37. The van der Waals surface area contributed by atoms with Crippen molar-refractivity contribution in [3.63, 3.8) is 0 Å². The van der Waals surface area contributed by atoms with Gasteiger partial charge >= 0.3 is 0 Å². The fourth-order valence-corrected chi connectivity index (χ4v) is 5.26. The lowest BCUT2D eigenvalue weighted by molar-refractivity contribution is -0.120. The summed E-state index contributed by atoms with van der Waals surface area (Å²) in [5.74, 6) is -0.415. The van der Waals surface area contributed by atoms with Gasteiger partial charge in [0.2, 0.25) is 0 Å². The maximum Gasteiger partial charge on any atom is 0.162 e. The van der Waals surface area contributed by atoms with E-state index in [1.54, 1.807) is 0 Å². The number of aromatic hydroxyl groups is 2. The van der Waals surface area contributed by atoms with Crippen molar-refractivity contribution in [1.82, 2.24) is 0 Å². The summed E-state index contributed by atoms with van der Waals surface area (Å²) in [5, 5.41) is 30.7. The number of phenols is 2. The van der Waals surface area contributed by atoms with Gasteiger partial charge in [-0.15, -0.1) is 0 Å². The summed E-state index contributed by atoms with van der Waals surface area (Å²) in [6, 6.07) is 1.88. The number of carbonyl (C=O) groups is 1. The van der Waals surface area contributed by atoms with Gasteiger partial charge < -0.3 is 20.1 Å². The fraction of sp³-hybridized carbons (Fsp3) is 0.650. The summed E-state index contributed by atoms with van der Waals surface area (Å²) in [7, 11) is 0. The number of aliphatic hydroxyl groups excluding tert-OH is 1. The molecule has 3 N–H and O–H groups in total. The summed E-state index contributed by atoms with van der Waals surface area (Å²) in [4.78, 5) is 12.3. The van der Waals surface area contributed by atoms with E-state index in [1.165, 1.54) is 0 Å². The number of aliphatic hydroxyl groups is 1. The van der Waals surface area contributed by atoms with Crippen LogP contribution < -0.4 is 0 Å². The van der Waals surface area contributed by atoms with Crippen LogP contribution in [0, 0.1) is 11.3 Å². The van der Waals surface area contributed by atoms with Gasteiger partial charge in [0.25, 0.3) is 0 Å². The third-order valence-corrected chi connectivity index (χ3v) is 6.54. The number of benzene rings is 1. The lowest BCUT2D eigenvalue weighted by atomic mass is 9.50. The van der Waals surface area contributed by atoms with Crippen LogP contribution in [0.2, 0.25) is 0 Å². The van der Waals surface area contributed by atoms with Gasteiger partial charge in [-0.1, -0.05) is 33.3 Å². The zero-order valence-electron chi connectivity index (χ0n) is 14.8. The molecule has 0 radical (unpaired) electrons. The minimum absolute atomic E-state index is 0.0377. The molecule has 4 nitrogen and oxygen atoms in total. The monoisotopic (exact) mass is 332 g/mol. The average Bonchev–Trinajstić information content (AvgIpc) is 2.56. The molecule has 1 aromatic rings. The van der Waals surface area contributed by atoms with E-state index >= 15 is 0 Å². The van der Waals surface area contributed by atoms with E-state index in [2.05, 4.69) is 13.8 Å². The first kappa shape index (κ1) is 17.3. The number of carbonyl (C=O) groups excluding carboxylic acids is 1. The fourth-order valence-electron chi connectivity index (χ4n) is 5.26. The molecule has 3 atom stereocenters. The van der Waals surface area contributed by atoms with Crippen molar-refractivity contribution in [2.75, 3.05) is 6.61 Å². The Morgan fingerprint density at radius 1 is 1.29 bits per heavy atom. The van der Waals surface area contributed by atoms with Crippen LogP contribution in [0.25, 0.3) is 0 Å². The highest BCUT2D eigenvalue weighted by atomic mass is 16.3. The summed E-state index contributed by atoms with van der Waals surface area (Å²) < 4.78 is 0. The second kappa shape index (κ2) is 5.76. The van der Waals surface area contributed by atoms with E-state index in [9.17, 15) is 20.1 Å². The number of phenolic OH excluding ortho intramolecular Hbond substituents is 2. The highest BCUT2D eigenvalue weighted by Gasteiger charge is 2.54. The lowest BCUT2D eigenvalue weighted by Crippen LogP contribution is -2.50. The predicted octanol–water partition coefficient (Wildman–Crippen LogP) is 3.40. The molecule has 2 aliphatic carbocycles. The molecule has 0 amide bonds. The van der Waals surface area contributed by atoms with Crippen LogP contribution in [0.5, 0.6) is 11.5 Å². The minimum Gasteiger partial charge on any atom is -0.504 e. The van der Waals surface area contributed by atoms with Crippen LogP contribution in [-0.2, 0) is 16.6 Å². The van der Waals surface area contributed by atoms with E-state index < -0.39 is 5.41 Å². The molecule has 1 aromatic carbocycles. The summed E-state index contributed by atoms with van der Waals surface area (Å²) >= 11 is 0. The Labute approximate surface area is 143 Å². The van der Waals surface area contributed by atoms with E-state index in [1.807, 2.05) is 13.0 Å². The molecule has 3 rings (SSSR count). The zero-order chi connectivity index (χ0) is 17.7. The third kappa shape index (κ3) is 2.26. The zero-order valence-corrected chi connectivity index (χ0v) is 14.8. The normalized spacial score (nSPS) is 29.4. The van der Waals surface area contributed by atoms with Gasteiger partial charge in [-0.05, 0) is 42.6 Å². The first-order valence-corrected chi connectivity index (χ1v) is 8.94. The Kier molecular flexibility index (Phi) is 4.15. The van der Waals surface area contributed by atoms with E-state index in [0.717, 1.165) is 44.0 Å². The number of aryl methyl sites for hydroxylation is 1. The largest absolute Gasteiger partial charge is 0.504 e. The minimum atomic E-state index is -0.710. The van der Waals surface area contributed by atoms with Gasteiger partial charge in [0.1, 0.15) is 6.29 Å². The van der Waals surface area contributed by atoms with Crippen molar-refractivity contribution in [2.24, 2.45) is 11.3 Å². The van der Waals surface area contributed by atoms with E-state index in [4.69, 9.17) is 0 Å². The number of hydrogen-bond acceptors (Lipinski definition) is 4. The molecule has 132 valence electrons. The van der Waals surface area contributed by atoms with Crippen molar-refractivity contribution in [2.45, 2.75) is 64.2 Å². The van der Waals surface area contributed by atoms with Crippen LogP contribution in [0.3, 0.4) is 0 Å². The maximum atomic E-state index is 12.3. The molecule has 1 fully saturated rings. The Bertz CT molecular complexity index is 664. The predicted molar refractivity (Wildman–Crippen MR) is 92.5 cm³/mol. The van der Waals surface area contributed by atoms with Crippen LogP contribution in [0.15, 0.2) is 6.07 Å². The molecule has 2 aliphatic rings. The average molecular weight is 332 g/mol. The number of hydrogen-bond donors (Lipinski definition) is 3. The van der Waals surface area contributed by atoms with Crippen LogP contribution in [-0.4, -0.2) is 28.2 Å². The molecule has 24 heavy (non-hydrogen) atoms. The quantitative estimate of drug-likeness (QED) is 0.585. The number of aldehydes is 1. The summed E-state index contributed by atoms with van der Waals surface area (Å²) in [6.07, 6.45) is 5.46. The number of fused-ring (bicyclic) bond motifs is 3. The Morgan fingerprint density at radius 2 is 2.00 bits per heavy atom. The molecule has 0 saturated heterocycles. The van der Waals surface area contributed by atoms with Gasteiger partial charge in [0.05, 0.1) is 5.41 Å². The Hall–Kier alpha value is -1.55. The molecule has 0 aromatic heterocycles. The van der Waals surface area contributed by atoms with Gasteiger partial charge in [-0.2, -0.15) is 0 Å². The third-order valence-electron chi connectivity index (χ3n) is 6.54. The second-order valence-electron chi connectivity index (χ2n) is 8.37. The molecular weight excluding hydrogens is 304 g/mol. The SMILES string of the molecule is C[C@H](CO)c1cc2c(c(O)c1O)[C@@]1(C=O)CCCC(C)(C)[C@@H]1CC2. The van der Waals surface area contributed by atoms with Crippen molar-refractivity contribution in [3.05, 3.63) is 22.8 Å². The van der Waals surface area contributed by atoms with Crippen molar-refractivity contribution < 1.29 is 20.1 Å². The highest BCUT2D eigenvalue weighted by Crippen LogP contribution is 2.59.